The first-order valence-electron chi connectivity index (χ1n) is 10.1. The molecule has 148 valence electrons. The van der Waals surface area contributed by atoms with Crippen molar-refractivity contribution in [3.05, 3.63) is 127 Å². The molecule has 0 saturated carbocycles. The predicted octanol–water partition coefficient (Wildman–Crippen LogP) is 4.76. The lowest BCUT2D eigenvalue weighted by Gasteiger charge is -2.33. The van der Waals surface area contributed by atoms with Crippen molar-refractivity contribution in [3.8, 4) is 0 Å². The third-order valence-corrected chi connectivity index (χ3v) is 10.1. The quantitative estimate of drug-likeness (QED) is 0.457. The van der Waals surface area contributed by atoms with Crippen LogP contribution in [-0.4, -0.2) is 11.7 Å². The van der Waals surface area contributed by atoms with Crippen molar-refractivity contribution in [2.45, 2.75) is 12.7 Å². The van der Waals surface area contributed by atoms with Crippen molar-refractivity contribution in [2.24, 2.45) is 0 Å². The van der Waals surface area contributed by atoms with Gasteiger partial charge in [0.25, 0.3) is 5.91 Å². The van der Waals surface area contributed by atoms with Crippen LogP contribution in [0, 0.1) is 0 Å². The summed E-state index contributed by atoms with van der Waals surface area (Å²) >= 11 is 0. The van der Waals surface area contributed by atoms with Crippen molar-refractivity contribution in [1.29, 1.82) is 0 Å². The van der Waals surface area contributed by atoms with Crippen molar-refractivity contribution in [2.75, 3.05) is 0 Å². The maximum absolute atomic E-state index is 13.1. The van der Waals surface area contributed by atoms with E-state index in [9.17, 15) is 4.79 Å². The SMILES string of the molecule is CC(NC(=O)c1ccccc1)[P+](c1ccccc1)(c1ccccc1)c1ccccc1. The van der Waals surface area contributed by atoms with Gasteiger partial charge in [0.15, 0.2) is 5.78 Å². The minimum atomic E-state index is -2.15. The summed E-state index contributed by atoms with van der Waals surface area (Å²) in [7, 11) is -2.15. The monoisotopic (exact) mass is 410 g/mol. The van der Waals surface area contributed by atoms with Crippen LogP contribution in [-0.2, 0) is 0 Å². The number of carbonyl (C=O) groups is 1. The average molecular weight is 410 g/mol. The van der Waals surface area contributed by atoms with E-state index in [1.54, 1.807) is 0 Å². The summed E-state index contributed by atoms with van der Waals surface area (Å²) in [5.74, 6) is -0.132. The molecule has 1 atom stereocenters. The topological polar surface area (TPSA) is 29.1 Å². The summed E-state index contributed by atoms with van der Waals surface area (Å²) in [6.45, 7) is 2.14. The molecule has 0 radical (unpaired) electrons. The summed E-state index contributed by atoms with van der Waals surface area (Å²) in [5, 5.41) is 7.10. The van der Waals surface area contributed by atoms with Crippen molar-refractivity contribution >= 4 is 29.1 Å². The summed E-state index contributed by atoms with van der Waals surface area (Å²) < 4.78 is 0. The number of hydrogen-bond acceptors (Lipinski definition) is 1. The zero-order valence-electron chi connectivity index (χ0n) is 17.0. The molecule has 0 saturated heterocycles. The maximum Gasteiger partial charge on any atom is 0.254 e. The number of carbonyl (C=O) groups excluding carboxylic acids is 1. The second-order valence-electron chi connectivity index (χ2n) is 7.24. The van der Waals surface area contributed by atoms with Crippen LogP contribution in [0.1, 0.15) is 17.3 Å². The van der Waals surface area contributed by atoms with E-state index in [2.05, 4.69) is 85.0 Å². The molecule has 4 rings (SSSR count). The van der Waals surface area contributed by atoms with Crippen LogP contribution in [0.25, 0.3) is 0 Å². The van der Waals surface area contributed by atoms with Crippen molar-refractivity contribution in [1.82, 2.24) is 5.32 Å². The van der Waals surface area contributed by atoms with Crippen molar-refractivity contribution < 1.29 is 4.79 Å². The van der Waals surface area contributed by atoms with Crippen LogP contribution >= 0.6 is 7.26 Å². The smallest absolute Gasteiger partial charge is 0.254 e. The van der Waals surface area contributed by atoms with E-state index in [1.165, 1.54) is 15.9 Å². The van der Waals surface area contributed by atoms with Crippen LogP contribution in [0.3, 0.4) is 0 Å². The lowest BCUT2D eigenvalue weighted by Crippen LogP contribution is -2.46. The fourth-order valence-corrected chi connectivity index (χ4v) is 8.54. The Bertz CT molecular complexity index is 986. The number of amides is 1. The summed E-state index contributed by atoms with van der Waals surface area (Å²) in [4.78, 5) is 13.1. The molecular weight excluding hydrogens is 385 g/mol. The van der Waals surface area contributed by atoms with E-state index in [4.69, 9.17) is 0 Å². The zero-order chi connectivity index (χ0) is 20.8. The highest BCUT2D eigenvalue weighted by Crippen LogP contribution is 2.58. The van der Waals surface area contributed by atoms with Gasteiger partial charge >= 0.3 is 0 Å². The number of nitrogens with one attached hydrogen (secondary N) is 1. The van der Waals surface area contributed by atoms with Gasteiger partial charge in [-0.1, -0.05) is 72.8 Å². The molecular formula is C27H25NOP+. The summed E-state index contributed by atoms with van der Waals surface area (Å²) in [6, 6.07) is 41.2. The van der Waals surface area contributed by atoms with Gasteiger partial charge in [0.1, 0.15) is 23.2 Å². The Morgan fingerprint density at radius 1 is 0.600 bits per heavy atom. The molecule has 3 heteroatoms. The van der Waals surface area contributed by atoms with Gasteiger partial charge in [0.2, 0.25) is 0 Å². The number of hydrogen-bond donors (Lipinski definition) is 1. The van der Waals surface area contributed by atoms with Gasteiger partial charge in [-0.15, -0.1) is 0 Å². The molecule has 1 N–H and O–H groups in total. The molecule has 0 bridgehead atoms. The molecule has 1 amide bonds. The third kappa shape index (κ3) is 3.79. The normalized spacial score (nSPS) is 12.2. The molecule has 30 heavy (non-hydrogen) atoms. The van der Waals surface area contributed by atoms with E-state index in [0.29, 0.717) is 5.56 Å². The number of benzene rings is 4. The molecule has 0 aliphatic rings. The molecule has 2 nitrogen and oxygen atoms in total. The van der Waals surface area contributed by atoms with Crippen LogP contribution in [0.15, 0.2) is 121 Å². The first kappa shape index (κ1) is 20.1. The van der Waals surface area contributed by atoms with Crippen LogP contribution in [0.2, 0.25) is 0 Å². The summed E-state index contributed by atoms with van der Waals surface area (Å²) in [6.07, 6.45) is 0. The van der Waals surface area contributed by atoms with Gasteiger partial charge in [0, 0.05) is 5.56 Å². The maximum atomic E-state index is 13.1. The Morgan fingerprint density at radius 2 is 0.933 bits per heavy atom. The first-order valence-corrected chi connectivity index (χ1v) is 12.0. The second kappa shape index (κ2) is 9.07. The fourth-order valence-electron chi connectivity index (χ4n) is 4.07. The van der Waals surface area contributed by atoms with Crippen LogP contribution in [0.5, 0.6) is 0 Å². The Labute approximate surface area is 178 Å². The molecule has 4 aromatic carbocycles. The van der Waals surface area contributed by atoms with Gasteiger partial charge in [-0.3, -0.25) is 4.79 Å². The minimum Gasteiger partial charge on any atom is -0.317 e. The van der Waals surface area contributed by atoms with Gasteiger partial charge < -0.3 is 5.32 Å². The lowest BCUT2D eigenvalue weighted by atomic mass is 10.2. The van der Waals surface area contributed by atoms with Crippen LogP contribution in [0.4, 0.5) is 0 Å². The lowest BCUT2D eigenvalue weighted by molar-refractivity contribution is 0.0951. The Balaban J connectivity index is 1.89. The predicted molar refractivity (Wildman–Crippen MR) is 129 cm³/mol. The Hall–Kier alpha value is -3.22. The molecule has 0 aliphatic carbocycles. The highest BCUT2D eigenvalue weighted by Gasteiger charge is 2.51. The molecule has 0 fully saturated rings. The molecule has 0 aliphatic heterocycles. The second-order valence-corrected chi connectivity index (χ2v) is 11.0. The first-order chi connectivity index (χ1) is 14.7. The average Bonchev–Trinajstić information content (AvgIpc) is 2.82. The molecule has 1 unspecified atom stereocenters. The molecule has 4 aromatic rings. The highest BCUT2D eigenvalue weighted by molar-refractivity contribution is 7.96. The van der Waals surface area contributed by atoms with E-state index < -0.39 is 7.26 Å². The molecule has 0 spiro atoms. The standard InChI is InChI=1S/C27H24NOP/c1-22(28-27(29)23-14-6-2-7-15-23)30(24-16-8-3-9-17-24,25-18-10-4-11-19-25)26-20-12-5-13-21-26/h2-22H,1H3/p+1. The van der Waals surface area contributed by atoms with E-state index in [0.717, 1.165) is 0 Å². The molecule has 0 heterocycles. The van der Waals surface area contributed by atoms with Gasteiger partial charge in [-0.05, 0) is 55.5 Å². The van der Waals surface area contributed by atoms with E-state index in [-0.39, 0.29) is 11.7 Å². The zero-order valence-corrected chi connectivity index (χ0v) is 17.9. The minimum absolute atomic E-state index is 0.0460. The largest absolute Gasteiger partial charge is 0.317 e. The van der Waals surface area contributed by atoms with E-state index in [1.807, 2.05) is 48.5 Å². The highest BCUT2D eigenvalue weighted by atomic mass is 31.2. The van der Waals surface area contributed by atoms with Gasteiger partial charge in [-0.25, -0.2) is 0 Å². The van der Waals surface area contributed by atoms with Gasteiger partial charge in [0.05, 0.1) is 0 Å². The van der Waals surface area contributed by atoms with Gasteiger partial charge in [-0.2, -0.15) is 0 Å². The molecule has 0 aromatic heterocycles. The third-order valence-electron chi connectivity index (χ3n) is 5.45. The Morgan fingerprint density at radius 3 is 1.30 bits per heavy atom. The van der Waals surface area contributed by atoms with Crippen LogP contribution < -0.4 is 21.2 Å². The number of rotatable bonds is 6. The fraction of sp³-hybridized carbons (Fsp3) is 0.0741. The van der Waals surface area contributed by atoms with E-state index >= 15 is 0 Å². The summed E-state index contributed by atoms with van der Waals surface area (Å²) in [5.41, 5.74) is 0.677. The van der Waals surface area contributed by atoms with Crippen molar-refractivity contribution in [3.63, 3.8) is 0 Å². The Kier molecular flexibility index (Phi) is 6.07.